The van der Waals surface area contributed by atoms with Gasteiger partial charge in [-0.15, -0.1) is 0 Å². The molecule has 0 aliphatic heterocycles. The Labute approximate surface area is 85.2 Å². The number of hydrogen-bond acceptors (Lipinski definition) is 3. The molecule has 0 spiro atoms. The fraction of sp³-hybridized carbons (Fsp3) is 0.909. The molecule has 0 aromatic carbocycles. The van der Waals surface area contributed by atoms with E-state index in [2.05, 4.69) is 5.32 Å². The molecular formula is C11H19NO2. The Kier molecular flexibility index (Phi) is 3.40. The topological polar surface area (TPSA) is 38.3 Å². The van der Waals surface area contributed by atoms with Crippen LogP contribution in [0.15, 0.2) is 0 Å². The maximum atomic E-state index is 11.2. The quantitative estimate of drug-likeness (QED) is 0.628. The highest BCUT2D eigenvalue weighted by Gasteiger charge is 2.22. The van der Waals surface area contributed by atoms with Crippen molar-refractivity contribution in [3.8, 4) is 0 Å². The number of rotatable bonds is 7. The van der Waals surface area contributed by atoms with Gasteiger partial charge in [0, 0.05) is 12.6 Å². The molecule has 0 aromatic rings. The van der Waals surface area contributed by atoms with Crippen molar-refractivity contribution in [2.45, 2.75) is 44.6 Å². The van der Waals surface area contributed by atoms with Gasteiger partial charge in [-0.25, -0.2) is 0 Å². The van der Waals surface area contributed by atoms with Crippen LogP contribution in [0.5, 0.6) is 0 Å². The minimum absolute atomic E-state index is 0.0428. The number of hydrogen-bond donors (Lipinski definition) is 1. The van der Waals surface area contributed by atoms with Crippen molar-refractivity contribution in [3.05, 3.63) is 0 Å². The minimum Gasteiger partial charge on any atom is -0.466 e. The Hall–Kier alpha value is -0.570. The molecular weight excluding hydrogens is 178 g/mol. The lowest BCUT2D eigenvalue weighted by atomic mass is 10.3. The summed E-state index contributed by atoms with van der Waals surface area (Å²) in [5.41, 5.74) is 0. The van der Waals surface area contributed by atoms with Crippen molar-refractivity contribution in [1.29, 1.82) is 0 Å². The van der Waals surface area contributed by atoms with Gasteiger partial charge in [-0.1, -0.05) is 12.8 Å². The van der Waals surface area contributed by atoms with Crippen molar-refractivity contribution in [2.75, 3.05) is 13.2 Å². The molecule has 1 N–H and O–H groups in total. The fourth-order valence-corrected chi connectivity index (χ4v) is 1.48. The average Bonchev–Trinajstić information content (AvgIpc) is 2.99. The molecule has 3 nitrogen and oxygen atoms in total. The van der Waals surface area contributed by atoms with Gasteiger partial charge < -0.3 is 10.1 Å². The van der Waals surface area contributed by atoms with Crippen LogP contribution < -0.4 is 5.32 Å². The zero-order valence-corrected chi connectivity index (χ0v) is 8.63. The van der Waals surface area contributed by atoms with Crippen molar-refractivity contribution >= 4 is 5.97 Å². The van der Waals surface area contributed by atoms with Crippen molar-refractivity contribution in [1.82, 2.24) is 5.32 Å². The second-order valence-electron chi connectivity index (χ2n) is 4.43. The Bertz CT molecular complexity index is 177. The van der Waals surface area contributed by atoms with E-state index in [1.54, 1.807) is 0 Å². The molecule has 0 bridgehead atoms. The molecule has 0 saturated heterocycles. The first kappa shape index (κ1) is 9.97. The first-order valence-corrected chi connectivity index (χ1v) is 5.73. The average molecular weight is 197 g/mol. The first-order chi connectivity index (χ1) is 6.84. The first-order valence-electron chi connectivity index (χ1n) is 5.73. The van der Waals surface area contributed by atoms with Gasteiger partial charge in [0.15, 0.2) is 0 Å². The van der Waals surface area contributed by atoms with E-state index in [0.717, 1.165) is 18.9 Å². The zero-order valence-electron chi connectivity index (χ0n) is 8.63. The van der Waals surface area contributed by atoms with Crippen LogP contribution in [0.2, 0.25) is 0 Å². The molecule has 3 heteroatoms. The summed E-state index contributed by atoms with van der Waals surface area (Å²) in [4.78, 5) is 11.2. The SMILES string of the molecule is O=C(CCNC1CC1)OCCC1CC1. The van der Waals surface area contributed by atoms with E-state index in [1.807, 2.05) is 0 Å². The lowest BCUT2D eigenvalue weighted by Gasteiger charge is -2.04. The summed E-state index contributed by atoms with van der Waals surface area (Å²) in [6.07, 6.45) is 6.82. The summed E-state index contributed by atoms with van der Waals surface area (Å²) < 4.78 is 5.12. The smallest absolute Gasteiger partial charge is 0.307 e. The fourth-order valence-electron chi connectivity index (χ4n) is 1.48. The van der Waals surface area contributed by atoms with Crippen LogP contribution in [0.25, 0.3) is 0 Å². The maximum Gasteiger partial charge on any atom is 0.307 e. The molecule has 14 heavy (non-hydrogen) atoms. The van der Waals surface area contributed by atoms with E-state index in [-0.39, 0.29) is 5.97 Å². The molecule has 2 aliphatic rings. The molecule has 0 unspecified atom stereocenters. The Balaban J connectivity index is 1.40. The van der Waals surface area contributed by atoms with E-state index < -0.39 is 0 Å². The second kappa shape index (κ2) is 4.78. The van der Waals surface area contributed by atoms with Gasteiger partial charge in [-0.2, -0.15) is 0 Å². The Morgan fingerprint density at radius 2 is 2.07 bits per heavy atom. The molecule has 0 amide bonds. The molecule has 0 heterocycles. The molecule has 80 valence electrons. The van der Waals surface area contributed by atoms with Gasteiger partial charge in [0.25, 0.3) is 0 Å². The normalized spacial score (nSPS) is 20.9. The summed E-state index contributed by atoms with van der Waals surface area (Å²) in [5.74, 6) is 0.811. The minimum atomic E-state index is -0.0428. The predicted octanol–water partition coefficient (Wildman–Crippen LogP) is 1.47. The summed E-state index contributed by atoms with van der Waals surface area (Å²) in [7, 11) is 0. The largest absolute Gasteiger partial charge is 0.466 e. The lowest BCUT2D eigenvalue weighted by molar-refractivity contribution is -0.143. The van der Waals surface area contributed by atoms with Crippen molar-refractivity contribution in [2.24, 2.45) is 5.92 Å². The number of carbonyl (C=O) groups is 1. The van der Waals surface area contributed by atoms with E-state index in [1.165, 1.54) is 25.7 Å². The van der Waals surface area contributed by atoms with Gasteiger partial charge in [0.2, 0.25) is 0 Å². The van der Waals surface area contributed by atoms with Crippen LogP contribution in [-0.4, -0.2) is 25.2 Å². The van der Waals surface area contributed by atoms with E-state index in [0.29, 0.717) is 19.1 Å². The highest BCUT2D eigenvalue weighted by atomic mass is 16.5. The van der Waals surface area contributed by atoms with Crippen molar-refractivity contribution < 1.29 is 9.53 Å². The molecule has 0 radical (unpaired) electrons. The van der Waals surface area contributed by atoms with Crippen LogP contribution in [-0.2, 0) is 9.53 Å². The number of esters is 1. The Morgan fingerprint density at radius 1 is 1.29 bits per heavy atom. The van der Waals surface area contributed by atoms with E-state index in [9.17, 15) is 4.79 Å². The van der Waals surface area contributed by atoms with Crippen LogP contribution in [0.3, 0.4) is 0 Å². The zero-order chi connectivity index (χ0) is 9.80. The highest BCUT2D eigenvalue weighted by molar-refractivity contribution is 5.69. The van der Waals surface area contributed by atoms with Crippen LogP contribution in [0, 0.1) is 5.92 Å². The summed E-state index contributed by atoms with van der Waals surface area (Å²) in [5, 5.41) is 3.30. The standard InChI is InChI=1S/C11H19NO2/c13-11(5-7-12-10-3-4-10)14-8-6-9-1-2-9/h9-10,12H,1-8H2. The van der Waals surface area contributed by atoms with Gasteiger partial charge >= 0.3 is 5.97 Å². The third kappa shape index (κ3) is 4.09. The predicted molar refractivity (Wildman–Crippen MR) is 53.9 cm³/mol. The van der Waals surface area contributed by atoms with Crippen LogP contribution >= 0.6 is 0 Å². The van der Waals surface area contributed by atoms with Crippen LogP contribution in [0.1, 0.15) is 38.5 Å². The lowest BCUT2D eigenvalue weighted by Crippen LogP contribution is -2.21. The van der Waals surface area contributed by atoms with Gasteiger partial charge in [0.05, 0.1) is 13.0 Å². The summed E-state index contributed by atoms with van der Waals surface area (Å²) in [6.45, 7) is 1.42. The third-order valence-electron chi connectivity index (χ3n) is 2.83. The van der Waals surface area contributed by atoms with Gasteiger partial charge in [-0.3, -0.25) is 4.79 Å². The second-order valence-corrected chi connectivity index (χ2v) is 4.43. The van der Waals surface area contributed by atoms with Gasteiger partial charge in [-0.05, 0) is 25.2 Å². The molecule has 2 aliphatic carbocycles. The molecule has 0 atom stereocenters. The molecule has 2 saturated carbocycles. The van der Waals surface area contributed by atoms with E-state index in [4.69, 9.17) is 4.74 Å². The highest BCUT2D eigenvalue weighted by Crippen LogP contribution is 2.32. The maximum absolute atomic E-state index is 11.2. The van der Waals surface area contributed by atoms with Crippen molar-refractivity contribution in [3.63, 3.8) is 0 Å². The molecule has 2 rings (SSSR count). The molecule has 2 fully saturated rings. The Morgan fingerprint density at radius 3 is 2.71 bits per heavy atom. The van der Waals surface area contributed by atoms with E-state index >= 15 is 0 Å². The van der Waals surface area contributed by atoms with Gasteiger partial charge in [0.1, 0.15) is 0 Å². The summed E-state index contributed by atoms with van der Waals surface area (Å²) in [6, 6.07) is 0.689. The number of carbonyl (C=O) groups excluding carboxylic acids is 1. The number of nitrogens with one attached hydrogen (secondary N) is 1. The monoisotopic (exact) mass is 197 g/mol. The summed E-state index contributed by atoms with van der Waals surface area (Å²) >= 11 is 0. The van der Waals surface area contributed by atoms with Crippen LogP contribution in [0.4, 0.5) is 0 Å². The number of ether oxygens (including phenoxy) is 1. The molecule has 0 aromatic heterocycles. The third-order valence-corrected chi connectivity index (χ3v) is 2.83.